The molecular weight excluding hydrogens is 364 g/mol. The molecule has 0 aliphatic carbocycles. The number of thiazole rings is 1. The van der Waals surface area contributed by atoms with Gasteiger partial charge in [0.2, 0.25) is 5.91 Å². The lowest BCUT2D eigenvalue weighted by Gasteiger charge is -2.34. The fraction of sp³-hybridized carbons (Fsp3) is 0.474. The number of piperazine rings is 1. The fourth-order valence-electron chi connectivity index (χ4n) is 3.16. The van der Waals surface area contributed by atoms with Crippen molar-refractivity contribution in [3.63, 3.8) is 0 Å². The van der Waals surface area contributed by atoms with Gasteiger partial charge in [-0.25, -0.2) is 4.98 Å². The number of aromatic nitrogens is 1. The van der Waals surface area contributed by atoms with Crippen LogP contribution in [0.15, 0.2) is 23.6 Å². The molecule has 0 atom stereocenters. The van der Waals surface area contributed by atoms with Gasteiger partial charge >= 0.3 is 0 Å². The molecule has 0 radical (unpaired) electrons. The highest BCUT2D eigenvalue weighted by Crippen LogP contribution is 2.28. The van der Waals surface area contributed by atoms with E-state index in [9.17, 15) is 4.79 Å². The number of carbonyl (C=O) groups is 1. The van der Waals surface area contributed by atoms with Crippen LogP contribution in [-0.2, 0) is 17.9 Å². The Kier molecular flexibility index (Phi) is 6.65. The first kappa shape index (κ1) is 19.6. The molecule has 1 fully saturated rings. The Bertz CT molecular complexity index is 772. The molecule has 1 saturated heterocycles. The third-order valence-corrected chi connectivity index (χ3v) is 5.35. The molecule has 2 heterocycles. The molecule has 0 bridgehead atoms. The molecular formula is C19H26N4O3S. The van der Waals surface area contributed by atoms with Crippen molar-refractivity contribution in [2.24, 2.45) is 0 Å². The van der Waals surface area contributed by atoms with Gasteiger partial charge in [0, 0.05) is 51.6 Å². The molecule has 1 aliphatic heterocycles. The Morgan fingerprint density at radius 2 is 1.78 bits per heavy atom. The van der Waals surface area contributed by atoms with Crippen molar-refractivity contribution in [1.82, 2.24) is 14.8 Å². The summed E-state index contributed by atoms with van der Waals surface area (Å²) < 4.78 is 10.7. The van der Waals surface area contributed by atoms with Gasteiger partial charge in [0.05, 0.1) is 19.9 Å². The molecule has 146 valence electrons. The molecule has 2 aromatic rings. The maximum absolute atomic E-state index is 11.1. The van der Waals surface area contributed by atoms with Crippen molar-refractivity contribution in [3.05, 3.63) is 34.8 Å². The first-order valence-corrected chi connectivity index (χ1v) is 9.83. The molecule has 1 aromatic carbocycles. The van der Waals surface area contributed by atoms with E-state index in [4.69, 9.17) is 9.47 Å². The van der Waals surface area contributed by atoms with E-state index in [1.54, 1.807) is 14.2 Å². The summed E-state index contributed by atoms with van der Waals surface area (Å²) in [5, 5.41) is 5.42. The summed E-state index contributed by atoms with van der Waals surface area (Å²) in [4.78, 5) is 20.4. The van der Waals surface area contributed by atoms with Crippen molar-refractivity contribution in [2.45, 2.75) is 20.0 Å². The number of hydrogen-bond donors (Lipinski definition) is 1. The Hall–Kier alpha value is -2.16. The molecule has 0 spiro atoms. The summed E-state index contributed by atoms with van der Waals surface area (Å²) in [5.41, 5.74) is 2.23. The first-order chi connectivity index (χ1) is 13.1. The van der Waals surface area contributed by atoms with Gasteiger partial charge in [-0.05, 0) is 17.7 Å². The Balaban J connectivity index is 1.49. The van der Waals surface area contributed by atoms with E-state index in [1.165, 1.54) is 23.8 Å². The molecule has 0 saturated carbocycles. The number of rotatable bonds is 7. The highest BCUT2D eigenvalue weighted by Gasteiger charge is 2.18. The molecule has 1 aliphatic rings. The molecule has 1 aromatic heterocycles. The minimum absolute atomic E-state index is 0.0836. The van der Waals surface area contributed by atoms with Crippen molar-refractivity contribution < 1.29 is 14.3 Å². The Morgan fingerprint density at radius 1 is 1.11 bits per heavy atom. The molecule has 7 nitrogen and oxygen atoms in total. The summed E-state index contributed by atoms with van der Waals surface area (Å²) in [7, 11) is 3.31. The summed E-state index contributed by atoms with van der Waals surface area (Å²) >= 11 is 1.47. The van der Waals surface area contributed by atoms with Crippen molar-refractivity contribution in [2.75, 3.05) is 45.7 Å². The molecule has 27 heavy (non-hydrogen) atoms. The summed E-state index contributed by atoms with van der Waals surface area (Å²) in [5.74, 6) is 1.44. The number of nitrogens with zero attached hydrogens (tertiary/aromatic N) is 3. The largest absolute Gasteiger partial charge is 0.493 e. The van der Waals surface area contributed by atoms with Crippen LogP contribution in [0.25, 0.3) is 0 Å². The second-order valence-electron chi connectivity index (χ2n) is 6.57. The van der Waals surface area contributed by atoms with Gasteiger partial charge in [-0.2, -0.15) is 0 Å². The number of benzene rings is 1. The minimum atomic E-state index is -0.0836. The number of nitrogens with one attached hydrogen (secondary N) is 1. The normalized spacial score (nSPS) is 15.5. The van der Waals surface area contributed by atoms with Crippen molar-refractivity contribution >= 4 is 22.4 Å². The fourth-order valence-corrected chi connectivity index (χ4v) is 3.91. The predicted octanol–water partition coefficient (Wildman–Crippen LogP) is 2.44. The lowest BCUT2D eigenvalue weighted by molar-refractivity contribution is -0.114. The van der Waals surface area contributed by atoms with Crippen LogP contribution in [0.4, 0.5) is 5.13 Å². The summed E-state index contributed by atoms with van der Waals surface area (Å²) in [6, 6.07) is 6.09. The standard InChI is InChI=1S/C19H26N4O3S/c1-14(24)20-19-21-16(13-27-19)12-23-8-6-22(7-9-23)11-15-4-5-17(25-2)18(10-15)26-3/h4-5,10,13H,6-9,11-12H2,1-3H3,(H,20,21,24). The van der Waals surface area contributed by atoms with Crippen LogP contribution < -0.4 is 14.8 Å². The van der Waals surface area contributed by atoms with E-state index in [0.29, 0.717) is 5.13 Å². The number of amides is 1. The smallest absolute Gasteiger partial charge is 0.223 e. The lowest BCUT2D eigenvalue weighted by atomic mass is 10.1. The SMILES string of the molecule is COc1ccc(CN2CCN(Cc3csc(NC(C)=O)n3)CC2)cc1OC. The number of carbonyl (C=O) groups excluding carboxylic acids is 1. The van der Waals surface area contributed by atoms with Crippen LogP contribution in [0, 0.1) is 0 Å². The van der Waals surface area contributed by atoms with Crippen LogP contribution in [0.1, 0.15) is 18.2 Å². The number of hydrogen-bond acceptors (Lipinski definition) is 7. The maximum Gasteiger partial charge on any atom is 0.223 e. The van der Waals surface area contributed by atoms with E-state index in [2.05, 4.69) is 26.2 Å². The second-order valence-corrected chi connectivity index (χ2v) is 7.42. The molecule has 1 amide bonds. The van der Waals surface area contributed by atoms with E-state index < -0.39 is 0 Å². The molecule has 3 rings (SSSR count). The van der Waals surface area contributed by atoms with Gasteiger partial charge in [0.1, 0.15) is 0 Å². The van der Waals surface area contributed by atoms with E-state index in [-0.39, 0.29) is 5.91 Å². The molecule has 1 N–H and O–H groups in total. The highest BCUT2D eigenvalue weighted by atomic mass is 32.1. The Morgan fingerprint density at radius 3 is 2.41 bits per heavy atom. The van der Waals surface area contributed by atoms with Gasteiger partial charge in [-0.15, -0.1) is 11.3 Å². The van der Waals surface area contributed by atoms with Crippen molar-refractivity contribution in [1.29, 1.82) is 0 Å². The van der Waals surface area contributed by atoms with Gasteiger partial charge in [-0.1, -0.05) is 6.07 Å². The monoisotopic (exact) mass is 390 g/mol. The lowest BCUT2D eigenvalue weighted by Crippen LogP contribution is -2.45. The summed E-state index contributed by atoms with van der Waals surface area (Å²) in [6.45, 7) is 7.24. The number of methoxy groups -OCH3 is 2. The van der Waals surface area contributed by atoms with Gasteiger partial charge in [0.15, 0.2) is 16.6 Å². The van der Waals surface area contributed by atoms with Gasteiger partial charge in [0.25, 0.3) is 0 Å². The zero-order valence-corrected chi connectivity index (χ0v) is 16.8. The van der Waals surface area contributed by atoms with Crippen molar-refractivity contribution in [3.8, 4) is 11.5 Å². The third-order valence-electron chi connectivity index (χ3n) is 4.54. The minimum Gasteiger partial charge on any atom is -0.493 e. The van der Waals surface area contributed by atoms with E-state index >= 15 is 0 Å². The molecule has 0 unspecified atom stereocenters. The van der Waals surface area contributed by atoms with E-state index in [0.717, 1.165) is 56.5 Å². The quantitative estimate of drug-likeness (QED) is 0.783. The average Bonchev–Trinajstić information content (AvgIpc) is 3.09. The van der Waals surface area contributed by atoms with Gasteiger partial charge < -0.3 is 14.8 Å². The van der Waals surface area contributed by atoms with Crippen LogP contribution in [0.2, 0.25) is 0 Å². The third kappa shape index (κ3) is 5.41. The zero-order chi connectivity index (χ0) is 19.2. The highest BCUT2D eigenvalue weighted by molar-refractivity contribution is 7.13. The van der Waals surface area contributed by atoms with Gasteiger partial charge in [-0.3, -0.25) is 14.6 Å². The van der Waals surface area contributed by atoms with Crippen LogP contribution in [0.3, 0.4) is 0 Å². The zero-order valence-electron chi connectivity index (χ0n) is 16.0. The van der Waals surface area contributed by atoms with Crippen LogP contribution in [-0.4, -0.2) is 61.1 Å². The first-order valence-electron chi connectivity index (χ1n) is 8.95. The second kappa shape index (κ2) is 9.16. The predicted molar refractivity (Wildman–Crippen MR) is 107 cm³/mol. The maximum atomic E-state index is 11.1. The molecule has 8 heteroatoms. The summed E-state index contributed by atoms with van der Waals surface area (Å²) in [6.07, 6.45) is 0. The topological polar surface area (TPSA) is 66.9 Å². The van der Waals surface area contributed by atoms with Crippen LogP contribution in [0.5, 0.6) is 11.5 Å². The number of ether oxygens (including phenoxy) is 2. The average molecular weight is 391 g/mol. The van der Waals surface area contributed by atoms with E-state index in [1.807, 2.05) is 17.5 Å². The Labute approximate surface area is 163 Å². The van der Waals surface area contributed by atoms with Crippen LogP contribution >= 0.6 is 11.3 Å². The number of anilines is 1.